The molecular formula is C26H28N2O3. The van der Waals surface area contributed by atoms with Gasteiger partial charge in [0, 0.05) is 48.0 Å². The number of carbonyl (C=O) groups is 1. The Hall–Kier alpha value is -3.31. The van der Waals surface area contributed by atoms with Crippen molar-refractivity contribution in [3.05, 3.63) is 83.9 Å². The van der Waals surface area contributed by atoms with Crippen LogP contribution in [0.5, 0.6) is 0 Å². The van der Waals surface area contributed by atoms with Gasteiger partial charge < -0.3 is 19.3 Å². The van der Waals surface area contributed by atoms with Gasteiger partial charge in [0.05, 0.1) is 0 Å². The highest BCUT2D eigenvalue weighted by Crippen LogP contribution is 2.30. The molecule has 3 aromatic carbocycles. The molecule has 4 aromatic rings. The van der Waals surface area contributed by atoms with Gasteiger partial charge in [-0.2, -0.15) is 0 Å². The van der Waals surface area contributed by atoms with Gasteiger partial charge in [-0.3, -0.25) is 0 Å². The zero-order chi connectivity index (χ0) is 21.6. The van der Waals surface area contributed by atoms with E-state index < -0.39 is 0 Å². The summed E-state index contributed by atoms with van der Waals surface area (Å²) in [5, 5.41) is 11.7. The topological polar surface area (TPSA) is 54.7 Å². The molecule has 0 aliphatic rings. The summed E-state index contributed by atoms with van der Waals surface area (Å²) in [4.78, 5) is 14.4. The molecule has 160 valence electrons. The molecule has 0 aliphatic carbocycles. The van der Waals surface area contributed by atoms with Crippen LogP contribution < -0.4 is 0 Å². The van der Waals surface area contributed by atoms with Crippen molar-refractivity contribution >= 4 is 27.9 Å². The Kier molecular flexibility index (Phi) is 6.53. The lowest BCUT2D eigenvalue weighted by molar-refractivity contribution is 0.0910. The maximum Gasteiger partial charge on any atom is 0.410 e. The Balaban J connectivity index is 1.57. The quantitative estimate of drug-likeness (QED) is 0.422. The third-order valence-corrected chi connectivity index (χ3v) is 5.58. The predicted octanol–water partition coefficient (Wildman–Crippen LogP) is 5.34. The van der Waals surface area contributed by atoms with Crippen LogP contribution in [0, 0.1) is 0 Å². The second-order valence-corrected chi connectivity index (χ2v) is 7.65. The van der Waals surface area contributed by atoms with E-state index in [-0.39, 0.29) is 19.3 Å². The van der Waals surface area contributed by atoms with Gasteiger partial charge in [-0.15, -0.1) is 0 Å². The van der Waals surface area contributed by atoms with Gasteiger partial charge in [-0.25, -0.2) is 4.79 Å². The summed E-state index contributed by atoms with van der Waals surface area (Å²) in [7, 11) is 0. The van der Waals surface area contributed by atoms with Crippen molar-refractivity contribution in [2.75, 3.05) is 13.2 Å². The molecule has 5 heteroatoms. The number of aromatic nitrogens is 1. The number of ether oxygens (including phenoxy) is 1. The number of para-hydroxylation sites is 1. The van der Waals surface area contributed by atoms with E-state index in [2.05, 4.69) is 54.0 Å². The van der Waals surface area contributed by atoms with E-state index in [0.29, 0.717) is 19.5 Å². The molecule has 0 aliphatic heterocycles. The summed E-state index contributed by atoms with van der Waals surface area (Å²) in [6.45, 7) is 4.20. The molecule has 0 bridgehead atoms. The van der Waals surface area contributed by atoms with Crippen LogP contribution in [0.25, 0.3) is 21.8 Å². The minimum atomic E-state index is -0.367. The maximum absolute atomic E-state index is 12.8. The summed E-state index contributed by atoms with van der Waals surface area (Å²) >= 11 is 0. The number of rotatable bonds is 8. The molecule has 4 rings (SSSR count). The van der Waals surface area contributed by atoms with Crippen molar-refractivity contribution in [3.63, 3.8) is 0 Å². The Morgan fingerprint density at radius 2 is 1.68 bits per heavy atom. The van der Waals surface area contributed by atoms with Gasteiger partial charge in [-0.1, -0.05) is 54.6 Å². The fourth-order valence-corrected chi connectivity index (χ4v) is 4.07. The molecule has 0 fully saturated rings. The number of aliphatic hydroxyl groups excluding tert-OH is 1. The molecule has 1 N–H and O–H groups in total. The molecule has 31 heavy (non-hydrogen) atoms. The number of amides is 1. The second-order valence-electron chi connectivity index (χ2n) is 7.65. The number of hydrogen-bond acceptors (Lipinski definition) is 3. The van der Waals surface area contributed by atoms with Gasteiger partial charge >= 0.3 is 6.09 Å². The smallest absolute Gasteiger partial charge is 0.410 e. The van der Waals surface area contributed by atoms with Crippen LogP contribution in [-0.2, 0) is 24.4 Å². The number of hydrogen-bond donors (Lipinski definition) is 1. The number of carbonyl (C=O) groups excluding carboxylic acids is 1. The first-order valence-corrected chi connectivity index (χ1v) is 10.8. The lowest BCUT2D eigenvalue weighted by atomic mass is 10.1. The average molecular weight is 417 g/mol. The van der Waals surface area contributed by atoms with E-state index in [1.165, 1.54) is 21.8 Å². The number of fused-ring (bicyclic) bond motifs is 3. The summed E-state index contributed by atoms with van der Waals surface area (Å²) in [6, 6.07) is 24.4. The molecule has 1 heterocycles. The maximum atomic E-state index is 12.8. The highest BCUT2D eigenvalue weighted by Gasteiger charge is 2.17. The molecule has 5 nitrogen and oxygen atoms in total. The molecule has 0 unspecified atom stereocenters. The van der Waals surface area contributed by atoms with E-state index >= 15 is 0 Å². The van der Waals surface area contributed by atoms with Gasteiger partial charge in [-0.05, 0) is 42.7 Å². The van der Waals surface area contributed by atoms with Gasteiger partial charge in [0.25, 0.3) is 0 Å². The highest BCUT2D eigenvalue weighted by molar-refractivity contribution is 6.08. The normalized spacial score (nSPS) is 11.2. The summed E-state index contributed by atoms with van der Waals surface area (Å²) < 4.78 is 7.85. The Bertz CT molecular complexity index is 1170. The number of nitrogens with zero attached hydrogens (tertiary/aromatic N) is 2. The second kappa shape index (κ2) is 9.67. The van der Waals surface area contributed by atoms with Crippen LogP contribution in [0.15, 0.2) is 72.8 Å². The molecule has 0 atom stereocenters. The fraction of sp³-hybridized carbons (Fsp3) is 0.269. The minimum absolute atomic E-state index is 0.0332. The number of benzene rings is 3. The summed E-state index contributed by atoms with van der Waals surface area (Å²) in [6.07, 6.45) is 0.144. The van der Waals surface area contributed by atoms with Crippen LogP contribution in [0.3, 0.4) is 0 Å². The lowest BCUT2D eigenvalue weighted by Crippen LogP contribution is -2.32. The molecule has 0 saturated carbocycles. The van der Waals surface area contributed by atoms with Gasteiger partial charge in [0.15, 0.2) is 0 Å². The SMILES string of the molecule is CCn1c2ccccc2c2cc(CN(CCCO)C(=O)OCc3ccccc3)ccc21. The van der Waals surface area contributed by atoms with Gasteiger partial charge in [0.2, 0.25) is 0 Å². The Labute approximate surface area is 182 Å². The number of aryl methyl sites for hydroxylation is 1. The standard InChI is InChI=1S/C26H28N2O3/c1-2-28-24-12-7-6-11-22(24)23-17-21(13-14-25(23)28)18-27(15-8-16-29)26(30)31-19-20-9-4-3-5-10-20/h3-7,9-14,17,29H,2,8,15-16,18-19H2,1H3. The van der Waals surface area contributed by atoms with Crippen molar-refractivity contribution in [2.24, 2.45) is 0 Å². The average Bonchev–Trinajstić information content (AvgIpc) is 3.14. The van der Waals surface area contributed by atoms with Crippen LogP contribution in [0.4, 0.5) is 4.79 Å². The third-order valence-electron chi connectivity index (χ3n) is 5.58. The van der Waals surface area contributed by atoms with Crippen LogP contribution in [0.2, 0.25) is 0 Å². The van der Waals surface area contributed by atoms with Crippen LogP contribution in [-0.4, -0.2) is 33.8 Å². The largest absolute Gasteiger partial charge is 0.445 e. The summed E-state index contributed by atoms with van der Waals surface area (Å²) in [5.74, 6) is 0. The highest BCUT2D eigenvalue weighted by atomic mass is 16.6. The van der Waals surface area contributed by atoms with Crippen molar-refractivity contribution < 1.29 is 14.6 Å². The first-order valence-electron chi connectivity index (χ1n) is 10.8. The minimum Gasteiger partial charge on any atom is -0.445 e. The monoisotopic (exact) mass is 416 g/mol. The molecule has 1 amide bonds. The van der Waals surface area contributed by atoms with E-state index in [9.17, 15) is 9.90 Å². The van der Waals surface area contributed by atoms with Crippen LogP contribution in [0.1, 0.15) is 24.5 Å². The van der Waals surface area contributed by atoms with Crippen molar-refractivity contribution in [3.8, 4) is 0 Å². The predicted molar refractivity (Wildman–Crippen MR) is 124 cm³/mol. The van der Waals surface area contributed by atoms with E-state index in [1.54, 1.807) is 4.90 Å². The van der Waals surface area contributed by atoms with Crippen molar-refractivity contribution in [1.29, 1.82) is 0 Å². The fourth-order valence-electron chi connectivity index (χ4n) is 4.07. The Morgan fingerprint density at radius 1 is 0.935 bits per heavy atom. The third kappa shape index (κ3) is 4.57. The zero-order valence-electron chi connectivity index (χ0n) is 17.8. The molecule has 0 saturated heterocycles. The van der Waals surface area contributed by atoms with Crippen LogP contribution >= 0.6 is 0 Å². The zero-order valence-corrected chi connectivity index (χ0v) is 17.8. The van der Waals surface area contributed by atoms with E-state index in [4.69, 9.17) is 4.74 Å². The first-order chi connectivity index (χ1) is 15.2. The van der Waals surface area contributed by atoms with Crippen molar-refractivity contribution in [1.82, 2.24) is 9.47 Å². The number of aliphatic hydroxyl groups is 1. The molecule has 1 aromatic heterocycles. The van der Waals surface area contributed by atoms with Gasteiger partial charge in [0.1, 0.15) is 6.61 Å². The lowest BCUT2D eigenvalue weighted by Gasteiger charge is -2.22. The molecule has 0 spiro atoms. The molecule has 0 radical (unpaired) electrons. The van der Waals surface area contributed by atoms with E-state index in [1.807, 2.05) is 30.3 Å². The first kappa shape index (κ1) is 20.9. The molecular weight excluding hydrogens is 388 g/mol. The van der Waals surface area contributed by atoms with E-state index in [0.717, 1.165) is 17.7 Å². The summed E-state index contributed by atoms with van der Waals surface area (Å²) in [5.41, 5.74) is 4.41. The Morgan fingerprint density at radius 3 is 2.45 bits per heavy atom. The van der Waals surface area contributed by atoms with Crippen molar-refractivity contribution in [2.45, 2.75) is 33.0 Å².